The first-order valence-corrected chi connectivity index (χ1v) is 7.98. The Morgan fingerprint density at radius 1 is 1.29 bits per heavy atom. The molecular formula is C17H28N2O2. The molecule has 1 aliphatic heterocycles. The predicted molar refractivity (Wildman–Crippen MR) is 85.3 cm³/mol. The van der Waals surface area contributed by atoms with Gasteiger partial charge in [0, 0.05) is 25.7 Å². The lowest BCUT2D eigenvalue weighted by Gasteiger charge is -2.23. The van der Waals surface area contributed by atoms with Crippen LogP contribution >= 0.6 is 0 Å². The molecule has 0 radical (unpaired) electrons. The Kier molecular flexibility index (Phi) is 6.18. The van der Waals surface area contributed by atoms with E-state index in [1.807, 2.05) is 0 Å². The number of aliphatic hydroxyl groups excluding tert-OH is 2. The van der Waals surface area contributed by atoms with Crippen LogP contribution in [0, 0.1) is 6.92 Å². The van der Waals surface area contributed by atoms with Gasteiger partial charge in [0.2, 0.25) is 0 Å². The van der Waals surface area contributed by atoms with E-state index in [-0.39, 0.29) is 0 Å². The van der Waals surface area contributed by atoms with Crippen molar-refractivity contribution in [1.29, 1.82) is 0 Å². The van der Waals surface area contributed by atoms with E-state index in [1.54, 1.807) is 0 Å². The molecular weight excluding hydrogens is 264 g/mol. The highest BCUT2D eigenvalue weighted by atomic mass is 16.3. The minimum absolute atomic E-state index is 0.333. The van der Waals surface area contributed by atoms with Gasteiger partial charge in [-0.2, -0.15) is 0 Å². The van der Waals surface area contributed by atoms with Crippen molar-refractivity contribution >= 4 is 0 Å². The second-order valence-electron chi connectivity index (χ2n) is 6.10. The molecule has 118 valence electrons. The molecule has 3 N–H and O–H groups in total. The fourth-order valence-electron chi connectivity index (χ4n) is 2.93. The summed E-state index contributed by atoms with van der Waals surface area (Å²) in [6.45, 7) is 7.35. The summed E-state index contributed by atoms with van der Waals surface area (Å²) < 4.78 is 0. The number of benzene rings is 1. The minimum Gasteiger partial charge on any atom is -0.389 e. The molecule has 2 rings (SSSR count). The first-order chi connectivity index (χ1) is 10.1. The van der Waals surface area contributed by atoms with Crippen LogP contribution in [0.1, 0.15) is 36.9 Å². The third kappa shape index (κ3) is 4.78. The van der Waals surface area contributed by atoms with E-state index in [4.69, 9.17) is 0 Å². The normalized spacial score (nSPS) is 24.4. The van der Waals surface area contributed by atoms with Gasteiger partial charge in [0.15, 0.2) is 0 Å². The van der Waals surface area contributed by atoms with Crippen molar-refractivity contribution in [3.63, 3.8) is 0 Å². The SMILES string of the molecule is CCCNC(CCN1CC(O)C(O)C1)c1cccc(C)c1. The molecule has 0 amide bonds. The Balaban J connectivity index is 1.93. The van der Waals surface area contributed by atoms with Crippen molar-refractivity contribution in [3.05, 3.63) is 35.4 Å². The number of aliphatic hydroxyl groups is 2. The van der Waals surface area contributed by atoms with E-state index in [9.17, 15) is 10.2 Å². The summed E-state index contributed by atoms with van der Waals surface area (Å²) in [4.78, 5) is 2.14. The second-order valence-corrected chi connectivity index (χ2v) is 6.10. The summed E-state index contributed by atoms with van der Waals surface area (Å²) in [6.07, 6.45) is 0.920. The second kappa shape index (κ2) is 7.90. The zero-order chi connectivity index (χ0) is 15.2. The summed E-state index contributed by atoms with van der Waals surface area (Å²) in [7, 11) is 0. The lowest BCUT2D eigenvalue weighted by molar-refractivity contribution is 0.0572. The number of likely N-dealkylation sites (tertiary alicyclic amines) is 1. The molecule has 0 saturated carbocycles. The van der Waals surface area contributed by atoms with Crippen LogP contribution in [0.25, 0.3) is 0 Å². The molecule has 1 heterocycles. The van der Waals surface area contributed by atoms with Gasteiger partial charge in [0.1, 0.15) is 0 Å². The van der Waals surface area contributed by atoms with Crippen LogP contribution in [0.15, 0.2) is 24.3 Å². The average molecular weight is 292 g/mol. The fraction of sp³-hybridized carbons (Fsp3) is 0.647. The van der Waals surface area contributed by atoms with E-state index in [0.717, 1.165) is 25.9 Å². The van der Waals surface area contributed by atoms with Gasteiger partial charge in [-0.25, -0.2) is 0 Å². The standard InChI is InChI=1S/C17H28N2O2/c1-3-8-18-15(14-6-4-5-13(2)10-14)7-9-19-11-16(20)17(21)12-19/h4-6,10,15-18,20-21H,3,7-9,11-12H2,1-2H3. The van der Waals surface area contributed by atoms with Gasteiger partial charge in [-0.1, -0.05) is 36.8 Å². The monoisotopic (exact) mass is 292 g/mol. The largest absolute Gasteiger partial charge is 0.389 e. The molecule has 3 atom stereocenters. The molecule has 4 heteroatoms. The van der Waals surface area contributed by atoms with Crippen molar-refractivity contribution < 1.29 is 10.2 Å². The highest BCUT2D eigenvalue weighted by molar-refractivity contribution is 5.25. The number of β-amino-alcohol motifs (C(OH)–C–C–N with tert-alkyl or cyclic N) is 2. The third-order valence-corrected chi connectivity index (χ3v) is 4.15. The first-order valence-electron chi connectivity index (χ1n) is 7.98. The lowest BCUT2D eigenvalue weighted by atomic mass is 10.0. The van der Waals surface area contributed by atoms with E-state index >= 15 is 0 Å². The maximum atomic E-state index is 9.62. The van der Waals surface area contributed by atoms with Crippen molar-refractivity contribution in [3.8, 4) is 0 Å². The highest BCUT2D eigenvalue weighted by Gasteiger charge is 2.29. The number of hydrogen-bond donors (Lipinski definition) is 3. The maximum Gasteiger partial charge on any atom is 0.0938 e. The Labute approximate surface area is 127 Å². The molecule has 1 aromatic rings. The Morgan fingerprint density at radius 3 is 2.62 bits per heavy atom. The van der Waals surface area contributed by atoms with Gasteiger partial charge < -0.3 is 15.5 Å². The van der Waals surface area contributed by atoms with Crippen molar-refractivity contribution in [2.24, 2.45) is 0 Å². The lowest BCUT2D eigenvalue weighted by Crippen LogP contribution is -2.29. The van der Waals surface area contributed by atoms with E-state index in [1.165, 1.54) is 11.1 Å². The molecule has 1 aliphatic rings. The van der Waals surface area contributed by atoms with E-state index in [0.29, 0.717) is 19.1 Å². The molecule has 21 heavy (non-hydrogen) atoms. The van der Waals surface area contributed by atoms with E-state index < -0.39 is 12.2 Å². The molecule has 0 spiro atoms. The quantitative estimate of drug-likeness (QED) is 0.712. The van der Waals surface area contributed by atoms with Crippen molar-refractivity contribution in [2.45, 2.75) is 44.9 Å². The van der Waals surface area contributed by atoms with Crippen molar-refractivity contribution in [2.75, 3.05) is 26.2 Å². The number of aryl methyl sites for hydroxylation is 1. The van der Waals surface area contributed by atoms with Crippen molar-refractivity contribution in [1.82, 2.24) is 10.2 Å². The summed E-state index contributed by atoms with van der Waals surface area (Å²) in [6, 6.07) is 8.97. The van der Waals surface area contributed by atoms with Gasteiger partial charge >= 0.3 is 0 Å². The average Bonchev–Trinajstić information content (AvgIpc) is 2.78. The summed E-state index contributed by atoms with van der Waals surface area (Å²) in [5.41, 5.74) is 2.60. The number of rotatable bonds is 7. The Morgan fingerprint density at radius 2 is 2.00 bits per heavy atom. The zero-order valence-electron chi connectivity index (χ0n) is 13.1. The number of hydrogen-bond acceptors (Lipinski definition) is 4. The minimum atomic E-state index is -0.592. The van der Waals surface area contributed by atoms with Gasteiger partial charge in [-0.3, -0.25) is 4.90 Å². The molecule has 1 aromatic carbocycles. The van der Waals surface area contributed by atoms with Crippen LogP contribution in [-0.4, -0.2) is 53.5 Å². The van der Waals surface area contributed by atoms with Crippen LogP contribution in [0.5, 0.6) is 0 Å². The molecule has 0 aromatic heterocycles. The predicted octanol–water partition coefficient (Wildman–Crippen LogP) is 1.46. The number of nitrogens with one attached hydrogen (secondary N) is 1. The summed E-state index contributed by atoms with van der Waals surface area (Å²) in [5, 5.41) is 22.8. The zero-order valence-corrected chi connectivity index (χ0v) is 13.1. The molecule has 3 unspecified atom stereocenters. The fourth-order valence-corrected chi connectivity index (χ4v) is 2.93. The topological polar surface area (TPSA) is 55.7 Å². The molecule has 0 aliphatic carbocycles. The van der Waals surface area contributed by atoms with Gasteiger partial charge in [0.05, 0.1) is 12.2 Å². The van der Waals surface area contributed by atoms with Crippen LogP contribution < -0.4 is 5.32 Å². The Bertz CT molecular complexity index is 429. The molecule has 0 bridgehead atoms. The summed E-state index contributed by atoms with van der Waals surface area (Å²) in [5.74, 6) is 0. The molecule has 4 nitrogen and oxygen atoms in total. The smallest absolute Gasteiger partial charge is 0.0938 e. The molecule has 1 fully saturated rings. The third-order valence-electron chi connectivity index (χ3n) is 4.15. The Hall–Kier alpha value is -0.940. The van der Waals surface area contributed by atoms with Gasteiger partial charge in [-0.15, -0.1) is 0 Å². The molecule has 1 saturated heterocycles. The van der Waals surface area contributed by atoms with Crippen LogP contribution in [0.4, 0.5) is 0 Å². The van der Waals surface area contributed by atoms with Crippen LogP contribution in [0.2, 0.25) is 0 Å². The van der Waals surface area contributed by atoms with Gasteiger partial charge in [0.25, 0.3) is 0 Å². The first kappa shape index (κ1) is 16.4. The highest BCUT2D eigenvalue weighted by Crippen LogP contribution is 2.20. The maximum absolute atomic E-state index is 9.62. The van der Waals surface area contributed by atoms with Crippen LogP contribution in [0.3, 0.4) is 0 Å². The summed E-state index contributed by atoms with van der Waals surface area (Å²) >= 11 is 0. The van der Waals surface area contributed by atoms with Gasteiger partial charge in [-0.05, 0) is 31.9 Å². The van der Waals surface area contributed by atoms with Crippen LogP contribution in [-0.2, 0) is 0 Å². The van der Waals surface area contributed by atoms with E-state index in [2.05, 4.69) is 48.3 Å². The number of nitrogens with zero attached hydrogens (tertiary/aromatic N) is 1.